The van der Waals surface area contributed by atoms with Gasteiger partial charge in [-0.1, -0.05) is 31.4 Å². The van der Waals surface area contributed by atoms with E-state index in [1.807, 2.05) is 0 Å². The standard InChI is InChI=1S/C16H23ClFNO2/c1-11-4-2-3-5-16(11)21-10-13(20)9-19-15-7-6-12(17)8-14(15)18/h6-8,11,13,16,19-20H,2-5,9-10H2,1H3. The van der Waals surface area contributed by atoms with Crippen molar-refractivity contribution in [3.05, 3.63) is 29.0 Å². The number of halogens is 2. The molecule has 3 nitrogen and oxygen atoms in total. The van der Waals surface area contributed by atoms with Gasteiger partial charge in [0, 0.05) is 11.6 Å². The highest BCUT2D eigenvalue weighted by Gasteiger charge is 2.22. The molecule has 0 aliphatic heterocycles. The first-order valence-electron chi connectivity index (χ1n) is 7.55. The van der Waals surface area contributed by atoms with Crippen molar-refractivity contribution in [1.82, 2.24) is 0 Å². The summed E-state index contributed by atoms with van der Waals surface area (Å²) >= 11 is 5.69. The number of anilines is 1. The quantitative estimate of drug-likeness (QED) is 0.838. The van der Waals surface area contributed by atoms with Crippen LogP contribution in [0.1, 0.15) is 32.6 Å². The van der Waals surface area contributed by atoms with E-state index in [1.165, 1.54) is 25.3 Å². The molecule has 1 aromatic carbocycles. The minimum Gasteiger partial charge on any atom is -0.389 e. The first-order valence-corrected chi connectivity index (χ1v) is 7.92. The van der Waals surface area contributed by atoms with Crippen molar-refractivity contribution < 1.29 is 14.2 Å². The molecule has 1 aliphatic carbocycles. The molecule has 118 valence electrons. The zero-order chi connectivity index (χ0) is 15.2. The number of rotatable bonds is 6. The van der Waals surface area contributed by atoms with Crippen LogP contribution in [0.25, 0.3) is 0 Å². The van der Waals surface area contributed by atoms with Crippen LogP contribution < -0.4 is 5.32 Å². The highest BCUT2D eigenvalue weighted by Crippen LogP contribution is 2.26. The number of benzene rings is 1. The van der Waals surface area contributed by atoms with E-state index in [4.69, 9.17) is 16.3 Å². The fourth-order valence-electron chi connectivity index (χ4n) is 2.68. The second kappa shape index (κ2) is 7.97. The average molecular weight is 316 g/mol. The lowest BCUT2D eigenvalue weighted by molar-refractivity contribution is -0.0424. The van der Waals surface area contributed by atoms with E-state index in [0.717, 1.165) is 6.42 Å². The van der Waals surface area contributed by atoms with Crippen LogP contribution in [0.15, 0.2) is 18.2 Å². The van der Waals surface area contributed by atoms with E-state index in [0.29, 0.717) is 16.6 Å². The molecule has 0 heterocycles. The van der Waals surface area contributed by atoms with Crippen LogP contribution in [-0.4, -0.2) is 30.5 Å². The summed E-state index contributed by atoms with van der Waals surface area (Å²) in [5, 5.41) is 13.2. The molecule has 2 N–H and O–H groups in total. The maximum atomic E-state index is 13.6. The summed E-state index contributed by atoms with van der Waals surface area (Å²) in [5.74, 6) is 0.129. The number of nitrogens with one attached hydrogen (secondary N) is 1. The molecule has 0 radical (unpaired) electrons. The zero-order valence-corrected chi connectivity index (χ0v) is 13.1. The van der Waals surface area contributed by atoms with Gasteiger partial charge in [-0.15, -0.1) is 0 Å². The summed E-state index contributed by atoms with van der Waals surface area (Å²) in [6, 6.07) is 4.42. The molecule has 0 bridgehead atoms. The third-order valence-corrected chi connectivity index (χ3v) is 4.23. The second-order valence-electron chi connectivity index (χ2n) is 5.79. The molecular formula is C16H23ClFNO2. The Balaban J connectivity index is 1.73. The van der Waals surface area contributed by atoms with Crippen molar-refractivity contribution in [2.75, 3.05) is 18.5 Å². The molecular weight excluding hydrogens is 293 g/mol. The highest BCUT2D eigenvalue weighted by atomic mass is 35.5. The van der Waals surface area contributed by atoms with Crippen LogP contribution in [0.2, 0.25) is 5.02 Å². The first-order chi connectivity index (χ1) is 10.1. The van der Waals surface area contributed by atoms with Crippen molar-refractivity contribution in [2.24, 2.45) is 5.92 Å². The third-order valence-electron chi connectivity index (χ3n) is 3.99. The van der Waals surface area contributed by atoms with Crippen LogP contribution in [0.5, 0.6) is 0 Å². The molecule has 3 atom stereocenters. The van der Waals surface area contributed by atoms with Gasteiger partial charge < -0.3 is 15.2 Å². The van der Waals surface area contributed by atoms with Gasteiger partial charge in [-0.2, -0.15) is 0 Å². The summed E-state index contributed by atoms with van der Waals surface area (Å²) in [4.78, 5) is 0. The van der Waals surface area contributed by atoms with Gasteiger partial charge in [0.15, 0.2) is 0 Å². The third kappa shape index (κ3) is 5.13. The Bertz CT molecular complexity index is 458. The molecule has 1 saturated carbocycles. The smallest absolute Gasteiger partial charge is 0.147 e. The topological polar surface area (TPSA) is 41.5 Å². The lowest BCUT2D eigenvalue weighted by Gasteiger charge is -2.29. The number of hydrogen-bond donors (Lipinski definition) is 2. The first kappa shape index (κ1) is 16.5. The van der Waals surface area contributed by atoms with Crippen molar-refractivity contribution >= 4 is 17.3 Å². The Morgan fingerprint density at radius 1 is 1.43 bits per heavy atom. The van der Waals surface area contributed by atoms with E-state index < -0.39 is 11.9 Å². The molecule has 0 saturated heterocycles. The summed E-state index contributed by atoms with van der Waals surface area (Å²) in [6.07, 6.45) is 4.29. The fraction of sp³-hybridized carbons (Fsp3) is 0.625. The Labute approximate surface area is 130 Å². The number of ether oxygens (including phenoxy) is 1. The van der Waals surface area contributed by atoms with Crippen LogP contribution >= 0.6 is 11.6 Å². The molecule has 0 spiro atoms. The maximum Gasteiger partial charge on any atom is 0.147 e. The Morgan fingerprint density at radius 2 is 2.19 bits per heavy atom. The van der Waals surface area contributed by atoms with E-state index >= 15 is 0 Å². The van der Waals surface area contributed by atoms with Gasteiger partial charge in [0.05, 0.1) is 24.5 Å². The molecule has 0 aromatic heterocycles. The van der Waals surface area contributed by atoms with Gasteiger partial charge in [0.25, 0.3) is 0 Å². The maximum absolute atomic E-state index is 13.6. The molecule has 2 rings (SSSR count). The average Bonchev–Trinajstić information content (AvgIpc) is 2.45. The zero-order valence-electron chi connectivity index (χ0n) is 12.3. The summed E-state index contributed by atoms with van der Waals surface area (Å²) in [5.41, 5.74) is 0.337. The number of aliphatic hydroxyl groups is 1. The molecule has 1 fully saturated rings. The van der Waals surface area contributed by atoms with Crippen molar-refractivity contribution in [3.63, 3.8) is 0 Å². The van der Waals surface area contributed by atoms with E-state index in [9.17, 15) is 9.50 Å². The molecule has 5 heteroatoms. The molecule has 0 amide bonds. The molecule has 21 heavy (non-hydrogen) atoms. The van der Waals surface area contributed by atoms with E-state index in [-0.39, 0.29) is 19.3 Å². The Hall–Kier alpha value is -0.840. The van der Waals surface area contributed by atoms with Crippen molar-refractivity contribution in [2.45, 2.75) is 44.8 Å². The monoisotopic (exact) mass is 315 g/mol. The minimum atomic E-state index is -0.658. The van der Waals surface area contributed by atoms with E-state index in [2.05, 4.69) is 12.2 Å². The Morgan fingerprint density at radius 3 is 2.90 bits per heavy atom. The molecule has 1 aromatic rings. The largest absolute Gasteiger partial charge is 0.389 e. The number of aliphatic hydroxyl groups excluding tert-OH is 1. The Kier molecular flexibility index (Phi) is 6.27. The minimum absolute atomic E-state index is 0.237. The van der Waals surface area contributed by atoms with Gasteiger partial charge in [-0.05, 0) is 37.0 Å². The van der Waals surface area contributed by atoms with Gasteiger partial charge in [0.2, 0.25) is 0 Å². The van der Waals surface area contributed by atoms with Gasteiger partial charge in [0.1, 0.15) is 5.82 Å². The summed E-state index contributed by atoms with van der Waals surface area (Å²) in [6.45, 7) is 2.72. The summed E-state index contributed by atoms with van der Waals surface area (Å²) in [7, 11) is 0. The van der Waals surface area contributed by atoms with Crippen molar-refractivity contribution in [1.29, 1.82) is 0 Å². The van der Waals surface area contributed by atoms with E-state index in [1.54, 1.807) is 12.1 Å². The predicted octanol–water partition coefficient (Wildman–Crippen LogP) is 3.85. The fourth-order valence-corrected chi connectivity index (χ4v) is 2.84. The SMILES string of the molecule is CC1CCCCC1OCC(O)CNc1ccc(Cl)cc1F. The highest BCUT2D eigenvalue weighted by molar-refractivity contribution is 6.30. The molecule has 3 unspecified atom stereocenters. The van der Waals surface area contributed by atoms with Gasteiger partial charge in [-0.3, -0.25) is 0 Å². The number of hydrogen-bond acceptors (Lipinski definition) is 3. The normalized spacial score (nSPS) is 23.8. The molecule has 1 aliphatic rings. The van der Waals surface area contributed by atoms with Crippen molar-refractivity contribution in [3.8, 4) is 0 Å². The second-order valence-corrected chi connectivity index (χ2v) is 6.23. The van der Waals surface area contributed by atoms with Crippen LogP contribution in [0.3, 0.4) is 0 Å². The van der Waals surface area contributed by atoms with Crippen LogP contribution in [-0.2, 0) is 4.74 Å². The summed E-state index contributed by atoms with van der Waals surface area (Å²) < 4.78 is 19.4. The van der Waals surface area contributed by atoms with Crippen LogP contribution in [0, 0.1) is 11.7 Å². The lowest BCUT2D eigenvalue weighted by atomic mass is 9.88. The van der Waals surface area contributed by atoms with Gasteiger partial charge in [-0.25, -0.2) is 4.39 Å². The van der Waals surface area contributed by atoms with Gasteiger partial charge >= 0.3 is 0 Å². The predicted molar refractivity (Wildman–Crippen MR) is 83.3 cm³/mol. The lowest BCUT2D eigenvalue weighted by Crippen LogP contribution is -2.32. The van der Waals surface area contributed by atoms with Crippen LogP contribution in [0.4, 0.5) is 10.1 Å².